The van der Waals surface area contributed by atoms with E-state index < -0.39 is 23.6 Å². The highest BCUT2D eigenvalue weighted by atomic mass is 19.4. The van der Waals surface area contributed by atoms with E-state index in [0.717, 1.165) is 12.1 Å². The van der Waals surface area contributed by atoms with E-state index in [1.165, 1.54) is 12.1 Å². The molecule has 0 amide bonds. The minimum Gasteiger partial charge on any atom is -0.316 e. The van der Waals surface area contributed by atoms with Crippen LogP contribution in [0.4, 0.5) is 17.6 Å². The van der Waals surface area contributed by atoms with Crippen LogP contribution in [0, 0.1) is 5.82 Å². The second-order valence-electron chi connectivity index (χ2n) is 2.54. The largest absolute Gasteiger partial charge is 0.407 e. The summed E-state index contributed by atoms with van der Waals surface area (Å²) in [6.45, 7) is 0. The Kier molecular flexibility index (Phi) is 2.56. The molecular formula is C8H7F4N. The molecule has 1 atom stereocenters. The summed E-state index contributed by atoms with van der Waals surface area (Å²) in [5, 5.41) is 0. The van der Waals surface area contributed by atoms with Gasteiger partial charge in [0.05, 0.1) is 0 Å². The average Bonchev–Trinajstić information content (AvgIpc) is 2.02. The maximum atomic E-state index is 12.8. The minimum absolute atomic E-state index is 0.532. The van der Waals surface area contributed by atoms with Crippen molar-refractivity contribution in [2.75, 3.05) is 0 Å². The minimum atomic E-state index is -4.61. The van der Waals surface area contributed by atoms with Crippen LogP contribution in [0.25, 0.3) is 0 Å². The Balaban J connectivity index is 3.02. The zero-order valence-electron chi connectivity index (χ0n) is 6.48. The Bertz CT molecular complexity index is 294. The zero-order valence-corrected chi connectivity index (χ0v) is 6.48. The third-order valence-electron chi connectivity index (χ3n) is 1.59. The van der Waals surface area contributed by atoms with Gasteiger partial charge in [0.15, 0.2) is 0 Å². The van der Waals surface area contributed by atoms with Gasteiger partial charge in [-0.2, -0.15) is 13.2 Å². The van der Waals surface area contributed by atoms with Crippen LogP contribution in [-0.4, -0.2) is 6.18 Å². The topological polar surface area (TPSA) is 26.0 Å². The van der Waals surface area contributed by atoms with Gasteiger partial charge in [-0.15, -0.1) is 0 Å². The average molecular weight is 193 g/mol. The standard InChI is InChI=1S/C8H7F4N/c9-6-4-2-1-3-5(6)7(13)8(10,11)12/h1-4,7H,13H2/t7-/m1/s1. The quantitative estimate of drug-likeness (QED) is 0.681. The molecule has 0 fully saturated rings. The van der Waals surface area contributed by atoms with E-state index in [1.54, 1.807) is 0 Å². The normalized spacial score (nSPS) is 14.2. The summed E-state index contributed by atoms with van der Waals surface area (Å²) in [6.07, 6.45) is -4.61. The highest BCUT2D eigenvalue weighted by Crippen LogP contribution is 2.31. The summed E-state index contributed by atoms with van der Waals surface area (Å²) >= 11 is 0. The number of hydrogen-bond donors (Lipinski definition) is 1. The molecule has 0 bridgehead atoms. The van der Waals surface area contributed by atoms with Crippen molar-refractivity contribution in [3.05, 3.63) is 35.6 Å². The molecule has 0 aliphatic heterocycles. The fourth-order valence-electron chi connectivity index (χ4n) is 0.904. The van der Waals surface area contributed by atoms with Crippen LogP contribution in [0.2, 0.25) is 0 Å². The molecule has 0 heterocycles. The van der Waals surface area contributed by atoms with E-state index >= 15 is 0 Å². The molecule has 1 aromatic rings. The molecule has 0 unspecified atom stereocenters. The number of rotatable bonds is 1. The third kappa shape index (κ3) is 2.18. The summed E-state index contributed by atoms with van der Waals surface area (Å²) in [4.78, 5) is 0. The first kappa shape index (κ1) is 9.98. The van der Waals surface area contributed by atoms with E-state index in [-0.39, 0.29) is 0 Å². The van der Waals surface area contributed by atoms with E-state index in [9.17, 15) is 17.6 Å². The van der Waals surface area contributed by atoms with Crippen LogP contribution in [0.1, 0.15) is 11.6 Å². The molecule has 5 heteroatoms. The van der Waals surface area contributed by atoms with Crippen molar-refractivity contribution in [2.45, 2.75) is 12.2 Å². The van der Waals surface area contributed by atoms with Crippen molar-refractivity contribution >= 4 is 0 Å². The molecular weight excluding hydrogens is 186 g/mol. The molecule has 0 saturated carbocycles. The van der Waals surface area contributed by atoms with Crippen LogP contribution in [0.3, 0.4) is 0 Å². The van der Waals surface area contributed by atoms with Gasteiger partial charge in [0, 0.05) is 5.56 Å². The summed E-state index contributed by atoms with van der Waals surface area (Å²) in [5.41, 5.74) is 4.28. The molecule has 0 aromatic heterocycles. The molecule has 1 nitrogen and oxygen atoms in total. The lowest BCUT2D eigenvalue weighted by atomic mass is 10.1. The Morgan fingerprint density at radius 2 is 1.69 bits per heavy atom. The van der Waals surface area contributed by atoms with Gasteiger partial charge >= 0.3 is 6.18 Å². The number of nitrogens with two attached hydrogens (primary N) is 1. The predicted octanol–water partition coefficient (Wildman–Crippen LogP) is 2.39. The van der Waals surface area contributed by atoms with Crippen molar-refractivity contribution in [2.24, 2.45) is 5.73 Å². The van der Waals surface area contributed by atoms with E-state index in [4.69, 9.17) is 5.73 Å². The number of benzene rings is 1. The first-order valence-corrected chi connectivity index (χ1v) is 3.49. The second-order valence-corrected chi connectivity index (χ2v) is 2.54. The highest BCUT2D eigenvalue weighted by molar-refractivity contribution is 5.21. The molecule has 1 aromatic carbocycles. The maximum absolute atomic E-state index is 12.8. The second kappa shape index (κ2) is 3.33. The predicted molar refractivity (Wildman–Crippen MR) is 39.4 cm³/mol. The first-order valence-electron chi connectivity index (χ1n) is 3.49. The fraction of sp³-hybridized carbons (Fsp3) is 0.250. The molecule has 13 heavy (non-hydrogen) atoms. The zero-order chi connectivity index (χ0) is 10.1. The molecule has 1 rings (SSSR count). The third-order valence-corrected chi connectivity index (χ3v) is 1.59. The fourth-order valence-corrected chi connectivity index (χ4v) is 0.904. The number of halogens is 4. The lowest BCUT2D eigenvalue weighted by molar-refractivity contribution is -0.149. The Morgan fingerprint density at radius 3 is 2.15 bits per heavy atom. The van der Waals surface area contributed by atoms with Gasteiger partial charge in [0.2, 0.25) is 0 Å². The summed E-state index contributed by atoms with van der Waals surface area (Å²) in [5.74, 6) is -0.938. The van der Waals surface area contributed by atoms with Gasteiger partial charge in [-0.25, -0.2) is 4.39 Å². The molecule has 72 valence electrons. The highest BCUT2D eigenvalue weighted by Gasteiger charge is 2.39. The summed E-state index contributed by atoms with van der Waals surface area (Å²) in [7, 11) is 0. The van der Waals surface area contributed by atoms with Gasteiger partial charge in [0.1, 0.15) is 11.9 Å². The van der Waals surface area contributed by atoms with Crippen molar-refractivity contribution in [1.29, 1.82) is 0 Å². The molecule has 0 aliphatic carbocycles. The maximum Gasteiger partial charge on any atom is 0.407 e. The number of alkyl halides is 3. The van der Waals surface area contributed by atoms with Gasteiger partial charge in [0.25, 0.3) is 0 Å². The molecule has 0 aliphatic rings. The van der Waals surface area contributed by atoms with Crippen LogP contribution in [-0.2, 0) is 0 Å². The number of hydrogen-bond acceptors (Lipinski definition) is 1. The van der Waals surface area contributed by atoms with E-state index in [2.05, 4.69) is 0 Å². The van der Waals surface area contributed by atoms with Crippen LogP contribution in [0.5, 0.6) is 0 Å². The summed E-state index contributed by atoms with van der Waals surface area (Å²) < 4.78 is 48.9. The Labute approximate surface area is 72.2 Å². The van der Waals surface area contributed by atoms with Crippen molar-refractivity contribution < 1.29 is 17.6 Å². The van der Waals surface area contributed by atoms with Gasteiger partial charge < -0.3 is 5.73 Å². The van der Waals surface area contributed by atoms with Crippen molar-refractivity contribution in [3.63, 3.8) is 0 Å². The van der Waals surface area contributed by atoms with E-state index in [0.29, 0.717) is 0 Å². The van der Waals surface area contributed by atoms with Crippen molar-refractivity contribution in [1.82, 2.24) is 0 Å². The van der Waals surface area contributed by atoms with Gasteiger partial charge in [-0.3, -0.25) is 0 Å². The Morgan fingerprint density at radius 1 is 1.15 bits per heavy atom. The van der Waals surface area contributed by atoms with Crippen molar-refractivity contribution in [3.8, 4) is 0 Å². The Hall–Kier alpha value is -1.10. The lowest BCUT2D eigenvalue weighted by Crippen LogP contribution is -2.29. The monoisotopic (exact) mass is 193 g/mol. The van der Waals surface area contributed by atoms with Crippen LogP contribution < -0.4 is 5.73 Å². The smallest absolute Gasteiger partial charge is 0.316 e. The molecule has 0 spiro atoms. The van der Waals surface area contributed by atoms with Gasteiger partial charge in [-0.05, 0) is 6.07 Å². The summed E-state index contributed by atoms with van der Waals surface area (Å²) in [6, 6.07) is 2.33. The van der Waals surface area contributed by atoms with Crippen LogP contribution >= 0.6 is 0 Å². The lowest BCUT2D eigenvalue weighted by Gasteiger charge is -2.15. The van der Waals surface area contributed by atoms with Crippen LogP contribution in [0.15, 0.2) is 24.3 Å². The molecule has 2 N–H and O–H groups in total. The SMILES string of the molecule is N[C@H](c1ccccc1F)C(F)(F)F. The first-order chi connectivity index (χ1) is 5.93. The molecule has 0 radical (unpaired) electrons. The molecule has 0 saturated heterocycles. The van der Waals surface area contributed by atoms with E-state index in [1.807, 2.05) is 0 Å². The van der Waals surface area contributed by atoms with Gasteiger partial charge in [-0.1, -0.05) is 18.2 Å².